The highest BCUT2D eigenvalue weighted by atomic mass is 19.4. The van der Waals surface area contributed by atoms with Gasteiger partial charge in [0.1, 0.15) is 0 Å². The summed E-state index contributed by atoms with van der Waals surface area (Å²) in [6.45, 7) is 13.8. The minimum absolute atomic E-state index is 0.102. The van der Waals surface area contributed by atoms with Crippen molar-refractivity contribution in [3.63, 3.8) is 0 Å². The molecule has 2 aromatic heterocycles. The zero-order valence-electron chi connectivity index (χ0n) is 16.8. The number of halogens is 3. The van der Waals surface area contributed by atoms with Crippen molar-refractivity contribution >= 4 is 11.3 Å². The van der Waals surface area contributed by atoms with E-state index >= 15 is 0 Å². The Morgan fingerprint density at radius 3 is 2.28 bits per heavy atom. The lowest BCUT2D eigenvalue weighted by atomic mass is 10.1. The van der Waals surface area contributed by atoms with Gasteiger partial charge in [-0.25, -0.2) is 9.50 Å². The summed E-state index contributed by atoms with van der Waals surface area (Å²) in [6, 6.07) is 8.24. The number of aryl methyl sites for hydroxylation is 1. The van der Waals surface area contributed by atoms with Crippen molar-refractivity contribution in [2.45, 2.75) is 39.8 Å². The summed E-state index contributed by atoms with van der Waals surface area (Å²) in [5, 5.41) is 3.96. The highest BCUT2D eigenvalue weighted by molar-refractivity contribution is 5.75. The molecule has 2 heterocycles. The van der Waals surface area contributed by atoms with Gasteiger partial charge in [-0.15, -0.1) is 0 Å². The Morgan fingerprint density at radius 1 is 1.10 bits per heavy atom. The van der Waals surface area contributed by atoms with Gasteiger partial charge in [-0.2, -0.15) is 18.3 Å². The van der Waals surface area contributed by atoms with Gasteiger partial charge in [0.15, 0.2) is 11.3 Å². The van der Waals surface area contributed by atoms with Crippen LogP contribution in [-0.2, 0) is 6.18 Å². The standard InChI is InChI=1S/C22H24F3N4/c1-5-11-28(12-6-2)16(4)18-14-26-29-20(22(23,24)25)13-19(27-21(18)29)17-9-7-15(3)8-10-17/h4,7-10,13-14H,5-6,11-12H2,1-3H3. The zero-order valence-corrected chi connectivity index (χ0v) is 16.8. The van der Waals surface area contributed by atoms with Gasteiger partial charge in [0, 0.05) is 24.4 Å². The molecule has 0 fully saturated rings. The third kappa shape index (κ3) is 4.28. The van der Waals surface area contributed by atoms with E-state index in [1.807, 2.05) is 37.8 Å². The SMILES string of the molecule is [CH]=C(c1cnn2c(C(F)(F)F)cc(-c3ccc(C)cc3)nc12)N(CCC)CCC. The van der Waals surface area contributed by atoms with E-state index in [1.165, 1.54) is 6.20 Å². The monoisotopic (exact) mass is 401 g/mol. The Labute approximate surface area is 168 Å². The highest BCUT2D eigenvalue weighted by Crippen LogP contribution is 2.34. The summed E-state index contributed by atoms with van der Waals surface area (Å²) < 4.78 is 42.1. The number of rotatable bonds is 7. The molecule has 4 nitrogen and oxygen atoms in total. The van der Waals surface area contributed by atoms with Crippen LogP contribution in [0.4, 0.5) is 13.2 Å². The van der Waals surface area contributed by atoms with Crippen molar-refractivity contribution in [1.82, 2.24) is 19.5 Å². The van der Waals surface area contributed by atoms with Gasteiger partial charge in [0.25, 0.3) is 0 Å². The minimum Gasteiger partial charge on any atom is -0.371 e. The van der Waals surface area contributed by atoms with Gasteiger partial charge in [-0.05, 0) is 32.4 Å². The van der Waals surface area contributed by atoms with E-state index in [0.29, 0.717) is 29.9 Å². The molecule has 0 aliphatic rings. The fourth-order valence-corrected chi connectivity index (χ4v) is 3.28. The molecule has 3 rings (SSSR count). The van der Waals surface area contributed by atoms with Crippen molar-refractivity contribution in [3.8, 4) is 11.3 Å². The van der Waals surface area contributed by atoms with Crippen molar-refractivity contribution in [1.29, 1.82) is 0 Å². The van der Waals surface area contributed by atoms with Crippen LogP contribution >= 0.6 is 0 Å². The van der Waals surface area contributed by atoms with Gasteiger partial charge in [-0.1, -0.05) is 43.7 Å². The third-order valence-electron chi connectivity index (χ3n) is 4.71. The predicted molar refractivity (Wildman–Crippen MR) is 108 cm³/mol. The lowest BCUT2D eigenvalue weighted by Crippen LogP contribution is -2.23. The molecule has 0 bridgehead atoms. The first kappa shape index (κ1) is 20.9. The summed E-state index contributed by atoms with van der Waals surface area (Å²) in [7, 11) is 0. The van der Waals surface area contributed by atoms with E-state index in [2.05, 4.69) is 10.1 Å². The number of alkyl halides is 3. The normalized spacial score (nSPS) is 11.8. The Hall–Kier alpha value is -2.83. The maximum atomic E-state index is 13.8. The number of benzene rings is 1. The lowest BCUT2D eigenvalue weighted by Gasteiger charge is -2.25. The highest BCUT2D eigenvalue weighted by Gasteiger charge is 2.36. The zero-order chi connectivity index (χ0) is 21.2. The molecule has 0 saturated heterocycles. The van der Waals surface area contributed by atoms with Gasteiger partial charge >= 0.3 is 6.18 Å². The molecular formula is C22H24F3N4. The summed E-state index contributed by atoms with van der Waals surface area (Å²) in [6.07, 6.45) is -1.47. The molecule has 1 radical (unpaired) electrons. The largest absolute Gasteiger partial charge is 0.433 e. The first-order valence-electron chi connectivity index (χ1n) is 9.67. The van der Waals surface area contributed by atoms with E-state index < -0.39 is 11.9 Å². The van der Waals surface area contributed by atoms with Crippen LogP contribution in [0, 0.1) is 13.5 Å². The molecule has 0 N–H and O–H groups in total. The number of fused-ring (bicyclic) bond motifs is 1. The van der Waals surface area contributed by atoms with Crippen LogP contribution < -0.4 is 0 Å². The molecule has 0 amide bonds. The average Bonchev–Trinajstić information content (AvgIpc) is 3.10. The number of nitrogens with zero attached hydrogens (tertiary/aromatic N) is 4. The van der Waals surface area contributed by atoms with E-state index in [-0.39, 0.29) is 11.3 Å². The van der Waals surface area contributed by atoms with Crippen LogP contribution in [0.5, 0.6) is 0 Å². The van der Waals surface area contributed by atoms with Crippen LogP contribution in [0.3, 0.4) is 0 Å². The lowest BCUT2D eigenvalue weighted by molar-refractivity contribution is -0.142. The topological polar surface area (TPSA) is 33.4 Å². The van der Waals surface area contributed by atoms with Crippen LogP contribution in [0.15, 0.2) is 36.5 Å². The number of hydrogen-bond acceptors (Lipinski definition) is 3. The molecular weight excluding hydrogens is 377 g/mol. The Balaban J connectivity index is 2.19. The second-order valence-electron chi connectivity index (χ2n) is 7.06. The van der Waals surface area contributed by atoms with Crippen molar-refractivity contribution in [3.05, 3.63) is 59.9 Å². The number of hydrogen-bond donors (Lipinski definition) is 0. The second-order valence-corrected chi connectivity index (χ2v) is 7.06. The molecule has 1 aromatic carbocycles. The van der Waals surface area contributed by atoms with E-state index in [0.717, 1.165) is 29.0 Å². The second kappa shape index (κ2) is 8.27. The molecule has 0 aliphatic carbocycles. The summed E-state index contributed by atoms with van der Waals surface area (Å²) in [5.74, 6) is 0. The van der Waals surface area contributed by atoms with Crippen LogP contribution in [0.2, 0.25) is 0 Å². The maximum Gasteiger partial charge on any atom is 0.433 e. The van der Waals surface area contributed by atoms with E-state index in [9.17, 15) is 13.2 Å². The van der Waals surface area contributed by atoms with E-state index in [4.69, 9.17) is 6.58 Å². The summed E-state index contributed by atoms with van der Waals surface area (Å²) >= 11 is 0. The average molecular weight is 401 g/mol. The quantitative estimate of drug-likeness (QED) is 0.515. The molecule has 0 atom stereocenters. The molecule has 29 heavy (non-hydrogen) atoms. The van der Waals surface area contributed by atoms with Crippen LogP contribution in [0.1, 0.15) is 43.5 Å². The van der Waals surface area contributed by atoms with E-state index in [1.54, 1.807) is 12.1 Å². The van der Waals surface area contributed by atoms with Gasteiger partial charge in [0.05, 0.1) is 17.5 Å². The molecule has 0 spiro atoms. The molecule has 0 saturated carbocycles. The molecule has 0 unspecified atom stereocenters. The fraction of sp³-hybridized carbons (Fsp3) is 0.364. The Morgan fingerprint density at radius 2 is 1.72 bits per heavy atom. The van der Waals surface area contributed by atoms with Crippen LogP contribution in [0.25, 0.3) is 22.6 Å². The first-order valence-corrected chi connectivity index (χ1v) is 9.67. The minimum atomic E-state index is -4.58. The first-order chi connectivity index (χ1) is 13.8. The smallest absolute Gasteiger partial charge is 0.371 e. The van der Waals surface area contributed by atoms with Crippen molar-refractivity contribution < 1.29 is 13.2 Å². The fourth-order valence-electron chi connectivity index (χ4n) is 3.28. The number of aromatic nitrogens is 3. The Kier molecular flexibility index (Phi) is 5.96. The van der Waals surface area contributed by atoms with Crippen molar-refractivity contribution in [2.24, 2.45) is 0 Å². The molecule has 3 aromatic rings. The molecule has 0 aliphatic heterocycles. The Bertz CT molecular complexity index is 997. The van der Waals surface area contributed by atoms with Gasteiger partial charge in [-0.3, -0.25) is 0 Å². The predicted octanol–water partition coefficient (Wildman–Crippen LogP) is 5.62. The molecule has 153 valence electrons. The third-order valence-corrected chi connectivity index (χ3v) is 4.71. The maximum absolute atomic E-state index is 13.8. The van der Waals surface area contributed by atoms with Crippen LogP contribution in [-0.4, -0.2) is 32.6 Å². The molecule has 7 heteroatoms. The van der Waals surface area contributed by atoms with Gasteiger partial charge < -0.3 is 4.90 Å². The van der Waals surface area contributed by atoms with Gasteiger partial charge in [0.2, 0.25) is 0 Å². The summed E-state index contributed by atoms with van der Waals surface area (Å²) in [4.78, 5) is 6.47. The van der Waals surface area contributed by atoms with Crippen molar-refractivity contribution in [2.75, 3.05) is 13.1 Å². The summed E-state index contributed by atoms with van der Waals surface area (Å²) in [5.41, 5.74) is 1.88.